The molecule has 1 N–H and O–H groups in total. The Bertz CT molecular complexity index is 1650. The van der Waals surface area contributed by atoms with Crippen LogP contribution in [0.4, 0.5) is 10.1 Å². The van der Waals surface area contributed by atoms with Gasteiger partial charge >= 0.3 is 0 Å². The summed E-state index contributed by atoms with van der Waals surface area (Å²) in [6, 6.07) is 28.9. The fraction of sp³-hybridized carbons (Fsp3) is 0.257. The molecule has 0 bridgehead atoms. The van der Waals surface area contributed by atoms with Crippen molar-refractivity contribution in [2.24, 2.45) is 5.92 Å². The first-order valence-corrected chi connectivity index (χ1v) is 16.0. The Balaban J connectivity index is 1.79. The number of rotatable bonds is 13. The Morgan fingerprint density at radius 1 is 0.818 bits per heavy atom. The highest BCUT2D eigenvalue weighted by molar-refractivity contribution is 7.92. The minimum Gasteiger partial charge on any atom is -0.354 e. The van der Waals surface area contributed by atoms with Crippen LogP contribution in [0.1, 0.15) is 30.5 Å². The number of sulfonamides is 1. The van der Waals surface area contributed by atoms with Crippen LogP contribution in [0.15, 0.2) is 114 Å². The monoisotopic (exact) mass is 615 g/mol. The molecule has 0 aliphatic heterocycles. The number of hydrogen-bond donors (Lipinski definition) is 1. The van der Waals surface area contributed by atoms with Gasteiger partial charge < -0.3 is 10.2 Å². The molecule has 44 heavy (non-hydrogen) atoms. The van der Waals surface area contributed by atoms with E-state index in [-0.39, 0.29) is 29.3 Å². The van der Waals surface area contributed by atoms with Crippen molar-refractivity contribution < 1.29 is 22.4 Å². The quantitative estimate of drug-likeness (QED) is 0.208. The van der Waals surface area contributed by atoms with Crippen molar-refractivity contribution in [2.75, 3.05) is 17.4 Å². The molecular formula is C35H38FN3O4S. The van der Waals surface area contributed by atoms with Crippen molar-refractivity contribution in [3.05, 3.63) is 132 Å². The van der Waals surface area contributed by atoms with Gasteiger partial charge in [0.15, 0.2) is 0 Å². The highest BCUT2D eigenvalue weighted by Gasteiger charge is 2.35. The molecule has 2 amide bonds. The van der Waals surface area contributed by atoms with Gasteiger partial charge in [0.2, 0.25) is 11.8 Å². The number of hydrogen-bond acceptors (Lipinski definition) is 4. The zero-order valence-electron chi connectivity index (χ0n) is 25.2. The summed E-state index contributed by atoms with van der Waals surface area (Å²) in [6.45, 7) is 5.35. The van der Waals surface area contributed by atoms with Gasteiger partial charge in [-0.2, -0.15) is 0 Å². The van der Waals surface area contributed by atoms with Crippen LogP contribution < -0.4 is 9.62 Å². The lowest BCUT2D eigenvalue weighted by Gasteiger charge is -2.34. The molecule has 7 nitrogen and oxygen atoms in total. The summed E-state index contributed by atoms with van der Waals surface area (Å²) in [4.78, 5) is 29.4. The van der Waals surface area contributed by atoms with E-state index in [1.54, 1.807) is 60.7 Å². The number of aryl methyl sites for hydroxylation is 1. The van der Waals surface area contributed by atoms with Crippen molar-refractivity contribution in [1.29, 1.82) is 0 Å². The van der Waals surface area contributed by atoms with Gasteiger partial charge in [-0.05, 0) is 48.7 Å². The average molecular weight is 616 g/mol. The third-order valence-corrected chi connectivity index (χ3v) is 8.97. The summed E-state index contributed by atoms with van der Waals surface area (Å²) in [7, 11) is -4.19. The van der Waals surface area contributed by atoms with Crippen molar-refractivity contribution in [3.8, 4) is 0 Å². The molecule has 0 aliphatic rings. The van der Waals surface area contributed by atoms with Crippen molar-refractivity contribution in [2.45, 2.75) is 44.7 Å². The third kappa shape index (κ3) is 8.32. The summed E-state index contributed by atoms with van der Waals surface area (Å²) in [5.41, 5.74) is 2.23. The molecule has 0 saturated heterocycles. The minimum absolute atomic E-state index is 0.0181. The maximum Gasteiger partial charge on any atom is 0.264 e. The van der Waals surface area contributed by atoms with Gasteiger partial charge in [0.25, 0.3) is 10.0 Å². The number of carbonyl (C=O) groups excluding carboxylic acids is 2. The van der Waals surface area contributed by atoms with Crippen LogP contribution in [0.5, 0.6) is 0 Å². The molecular weight excluding hydrogens is 577 g/mol. The minimum atomic E-state index is -4.19. The van der Waals surface area contributed by atoms with E-state index in [1.165, 1.54) is 23.1 Å². The molecule has 0 aromatic heterocycles. The number of halogens is 1. The maximum atomic E-state index is 15.0. The lowest BCUT2D eigenvalue weighted by atomic mass is 10.0. The smallest absolute Gasteiger partial charge is 0.264 e. The molecule has 0 saturated carbocycles. The lowest BCUT2D eigenvalue weighted by Crippen LogP contribution is -2.53. The lowest BCUT2D eigenvalue weighted by molar-refractivity contribution is -0.140. The van der Waals surface area contributed by atoms with Crippen LogP contribution in [0.25, 0.3) is 0 Å². The van der Waals surface area contributed by atoms with Crippen LogP contribution >= 0.6 is 0 Å². The van der Waals surface area contributed by atoms with Gasteiger partial charge in [-0.25, -0.2) is 12.8 Å². The van der Waals surface area contributed by atoms with Gasteiger partial charge in [0, 0.05) is 25.1 Å². The summed E-state index contributed by atoms with van der Waals surface area (Å²) >= 11 is 0. The first-order valence-electron chi connectivity index (χ1n) is 14.5. The zero-order chi connectivity index (χ0) is 31.7. The highest BCUT2D eigenvalue weighted by Crippen LogP contribution is 2.25. The molecule has 0 heterocycles. The number of carbonyl (C=O) groups is 2. The number of benzene rings is 4. The first kappa shape index (κ1) is 32.4. The molecule has 1 unspecified atom stereocenters. The van der Waals surface area contributed by atoms with Crippen LogP contribution in [-0.2, 0) is 32.6 Å². The molecule has 0 radical (unpaired) electrons. The van der Waals surface area contributed by atoms with Crippen LogP contribution in [0.3, 0.4) is 0 Å². The summed E-state index contributed by atoms with van der Waals surface area (Å²) in [5.74, 6) is -1.42. The number of nitrogens with one attached hydrogen (secondary N) is 1. The second kappa shape index (κ2) is 14.8. The van der Waals surface area contributed by atoms with Gasteiger partial charge in [-0.3, -0.25) is 13.9 Å². The standard InChI is InChI=1S/C35H38FN3O4S/c1-26(2)23-37-35(41)33(22-28-12-6-4-7-13-28)38(24-29-14-10-11-17-32(29)36)34(40)25-39(30-20-18-27(3)19-21-30)44(42,43)31-15-8-5-9-16-31/h4-21,26,33H,22-25H2,1-3H3,(H,37,41). The number of anilines is 1. The molecule has 4 rings (SSSR count). The van der Waals surface area contributed by atoms with Crippen LogP contribution in [-0.4, -0.2) is 44.3 Å². The van der Waals surface area contributed by atoms with E-state index in [2.05, 4.69) is 5.32 Å². The SMILES string of the molecule is Cc1ccc(N(CC(=O)N(Cc2ccccc2F)C(Cc2ccccc2)C(=O)NCC(C)C)S(=O)(=O)c2ccccc2)cc1. The van der Waals surface area contributed by atoms with E-state index >= 15 is 0 Å². The first-order chi connectivity index (χ1) is 21.1. The Labute approximate surface area is 259 Å². The summed E-state index contributed by atoms with van der Waals surface area (Å²) in [5, 5.41) is 2.93. The Morgan fingerprint density at radius 3 is 2.02 bits per heavy atom. The fourth-order valence-corrected chi connectivity index (χ4v) is 6.18. The van der Waals surface area contributed by atoms with Crippen LogP contribution in [0.2, 0.25) is 0 Å². The number of nitrogens with zero attached hydrogens (tertiary/aromatic N) is 2. The van der Waals surface area contributed by atoms with Crippen molar-refractivity contribution in [3.63, 3.8) is 0 Å². The normalized spacial score (nSPS) is 12.0. The summed E-state index contributed by atoms with van der Waals surface area (Å²) in [6.07, 6.45) is 0.154. The van der Waals surface area contributed by atoms with E-state index < -0.39 is 40.2 Å². The molecule has 9 heteroatoms. The molecule has 0 fully saturated rings. The van der Waals surface area contributed by atoms with E-state index in [9.17, 15) is 22.4 Å². The van der Waals surface area contributed by atoms with Gasteiger partial charge in [0.1, 0.15) is 18.4 Å². The van der Waals surface area contributed by atoms with Crippen molar-refractivity contribution >= 4 is 27.5 Å². The third-order valence-electron chi connectivity index (χ3n) is 7.19. The van der Waals surface area contributed by atoms with E-state index in [0.717, 1.165) is 15.4 Å². The Morgan fingerprint density at radius 2 is 1.41 bits per heavy atom. The fourth-order valence-electron chi connectivity index (χ4n) is 4.75. The van der Waals surface area contributed by atoms with Crippen LogP contribution in [0, 0.1) is 18.7 Å². The second-order valence-electron chi connectivity index (χ2n) is 11.1. The predicted octanol–water partition coefficient (Wildman–Crippen LogP) is 5.74. The maximum absolute atomic E-state index is 15.0. The predicted molar refractivity (Wildman–Crippen MR) is 171 cm³/mol. The van der Waals surface area contributed by atoms with Gasteiger partial charge in [-0.1, -0.05) is 98.3 Å². The van der Waals surface area contributed by atoms with E-state index in [1.807, 2.05) is 51.1 Å². The topological polar surface area (TPSA) is 86.8 Å². The average Bonchev–Trinajstić information content (AvgIpc) is 3.02. The largest absolute Gasteiger partial charge is 0.354 e. The number of amides is 2. The highest BCUT2D eigenvalue weighted by atomic mass is 32.2. The summed E-state index contributed by atoms with van der Waals surface area (Å²) < 4.78 is 44.0. The van der Waals surface area contributed by atoms with E-state index in [0.29, 0.717) is 12.2 Å². The van der Waals surface area contributed by atoms with Crippen molar-refractivity contribution in [1.82, 2.24) is 10.2 Å². The second-order valence-corrected chi connectivity index (χ2v) is 13.0. The Hall–Kier alpha value is -4.50. The van der Waals surface area contributed by atoms with E-state index in [4.69, 9.17) is 0 Å². The zero-order valence-corrected chi connectivity index (χ0v) is 26.0. The van der Waals surface area contributed by atoms with Gasteiger partial charge in [-0.15, -0.1) is 0 Å². The Kier molecular flexibility index (Phi) is 10.9. The van der Waals surface area contributed by atoms with Gasteiger partial charge in [0.05, 0.1) is 10.6 Å². The molecule has 1 atom stereocenters. The molecule has 230 valence electrons. The molecule has 0 spiro atoms. The molecule has 4 aromatic rings. The molecule has 4 aromatic carbocycles. The molecule has 0 aliphatic carbocycles.